The van der Waals surface area contributed by atoms with E-state index in [1.165, 1.54) is 26.0 Å². The Kier molecular flexibility index (Phi) is 6.72. The average Bonchev–Trinajstić information content (AvgIpc) is 3.14. The highest BCUT2D eigenvalue weighted by atomic mass is 19.1. The maximum Gasteiger partial charge on any atom is 0.131 e. The van der Waals surface area contributed by atoms with Gasteiger partial charge < -0.3 is 4.98 Å². The van der Waals surface area contributed by atoms with Crippen molar-refractivity contribution in [2.24, 2.45) is 5.92 Å². The Balaban J connectivity index is 1.51. The van der Waals surface area contributed by atoms with E-state index in [0.29, 0.717) is 31.6 Å². The van der Waals surface area contributed by atoms with E-state index in [1.807, 2.05) is 42.2 Å². The molecule has 3 aromatic rings. The second kappa shape index (κ2) is 9.67. The number of likely N-dealkylation sites (tertiary alicyclic amines) is 1. The van der Waals surface area contributed by atoms with E-state index < -0.39 is 23.3 Å². The van der Waals surface area contributed by atoms with E-state index in [1.54, 1.807) is 6.08 Å². The zero-order chi connectivity index (χ0) is 25.6. The van der Waals surface area contributed by atoms with Crippen LogP contribution in [0.3, 0.4) is 0 Å². The van der Waals surface area contributed by atoms with Crippen molar-refractivity contribution in [3.8, 4) is 0 Å². The summed E-state index contributed by atoms with van der Waals surface area (Å²) in [5.74, 6) is -1.21. The van der Waals surface area contributed by atoms with Gasteiger partial charge in [0.15, 0.2) is 0 Å². The molecule has 3 heterocycles. The highest BCUT2D eigenvalue weighted by Gasteiger charge is 2.40. The van der Waals surface area contributed by atoms with Gasteiger partial charge in [0.1, 0.15) is 17.3 Å². The summed E-state index contributed by atoms with van der Waals surface area (Å²) in [7, 11) is 0. The van der Waals surface area contributed by atoms with Crippen LogP contribution in [0.2, 0.25) is 0 Å². The van der Waals surface area contributed by atoms with Gasteiger partial charge in [-0.3, -0.25) is 14.2 Å². The number of fused-ring (bicyclic) bond motifs is 3. The number of aromatic nitrogens is 1. The number of alkyl halides is 2. The molecule has 1 aromatic heterocycles. The monoisotopic (exact) mass is 499 g/mol. The molecule has 1 N–H and O–H groups in total. The van der Waals surface area contributed by atoms with E-state index in [-0.39, 0.29) is 30.7 Å². The number of benzene rings is 2. The van der Waals surface area contributed by atoms with Crippen LogP contribution in [0, 0.1) is 17.6 Å². The van der Waals surface area contributed by atoms with Gasteiger partial charge in [-0.1, -0.05) is 30.4 Å². The topological polar surface area (TPSA) is 22.3 Å². The number of nitrogens with one attached hydrogen (secondary N) is 1. The Morgan fingerprint density at radius 2 is 1.81 bits per heavy atom. The largest absolute Gasteiger partial charge is 0.357 e. The molecule has 0 bridgehead atoms. The lowest BCUT2D eigenvalue weighted by Gasteiger charge is -2.43. The Morgan fingerprint density at radius 1 is 1.11 bits per heavy atom. The van der Waals surface area contributed by atoms with Crippen LogP contribution >= 0.6 is 0 Å². The maximum atomic E-state index is 15.7. The third-order valence-corrected chi connectivity index (χ3v) is 7.38. The quantitative estimate of drug-likeness (QED) is 0.378. The zero-order valence-corrected chi connectivity index (χ0v) is 21.0. The van der Waals surface area contributed by atoms with E-state index in [2.05, 4.69) is 9.88 Å². The molecule has 2 aromatic carbocycles. The van der Waals surface area contributed by atoms with Gasteiger partial charge in [0.2, 0.25) is 0 Å². The molecule has 36 heavy (non-hydrogen) atoms. The fraction of sp³-hybridized carbons (Fsp3) is 0.448. The van der Waals surface area contributed by atoms with E-state index in [9.17, 15) is 8.78 Å². The number of hydrogen-bond donors (Lipinski definition) is 1. The van der Waals surface area contributed by atoms with Crippen LogP contribution in [0.4, 0.5) is 17.6 Å². The lowest BCUT2D eigenvalue weighted by molar-refractivity contribution is 0.0643. The van der Waals surface area contributed by atoms with Gasteiger partial charge >= 0.3 is 0 Å². The summed E-state index contributed by atoms with van der Waals surface area (Å²) in [5.41, 5.74) is 1.48. The third kappa shape index (κ3) is 4.83. The SMILES string of the molecule is C[C@@H]1Cc2c([nH]c3ccccc23)[C@@H](c2c(F)cc(C=CCN3CC(CF)C3)cc2F)N1CC(C)(C)F. The second-order valence-electron chi connectivity index (χ2n) is 10.9. The van der Waals surface area contributed by atoms with Gasteiger partial charge in [-0.15, -0.1) is 0 Å². The van der Waals surface area contributed by atoms with E-state index in [4.69, 9.17) is 0 Å². The molecule has 2 aliphatic heterocycles. The molecule has 2 aliphatic rings. The standard InChI is InChI=1S/C29H33F4N3/c1-18-11-22-21-8-4-5-9-25(21)34-27(22)28(36(18)17-29(2,3)33)26-23(31)12-19(13-24(26)32)7-6-10-35-15-20(14-30)16-35/h4-9,12-13,18,20,28,34H,10-11,14-17H2,1-3H3/t18-,28-/m1/s1. The molecule has 0 aliphatic carbocycles. The lowest BCUT2D eigenvalue weighted by atomic mass is 9.87. The van der Waals surface area contributed by atoms with Gasteiger partial charge in [-0.25, -0.2) is 13.2 Å². The van der Waals surface area contributed by atoms with Crippen molar-refractivity contribution < 1.29 is 17.6 Å². The summed E-state index contributed by atoms with van der Waals surface area (Å²) in [4.78, 5) is 7.35. The number of halogens is 4. The van der Waals surface area contributed by atoms with Crippen LogP contribution in [0.25, 0.3) is 17.0 Å². The van der Waals surface area contributed by atoms with Crippen molar-refractivity contribution >= 4 is 17.0 Å². The zero-order valence-electron chi connectivity index (χ0n) is 21.0. The predicted octanol–water partition coefficient (Wildman–Crippen LogP) is 6.44. The smallest absolute Gasteiger partial charge is 0.131 e. The van der Waals surface area contributed by atoms with Crippen molar-refractivity contribution in [3.63, 3.8) is 0 Å². The molecule has 2 atom stereocenters. The summed E-state index contributed by atoms with van der Waals surface area (Å²) in [6.07, 6.45) is 4.20. The van der Waals surface area contributed by atoms with Crippen LogP contribution < -0.4 is 0 Å². The molecule has 0 unspecified atom stereocenters. The molecule has 0 amide bonds. The summed E-state index contributed by atoms with van der Waals surface area (Å²) in [6, 6.07) is 9.64. The molecule has 3 nitrogen and oxygen atoms in total. The Hall–Kier alpha value is -2.64. The first-order valence-electron chi connectivity index (χ1n) is 12.6. The molecule has 1 saturated heterocycles. The number of aromatic amines is 1. The highest BCUT2D eigenvalue weighted by molar-refractivity contribution is 5.85. The number of para-hydroxylation sites is 1. The van der Waals surface area contributed by atoms with Gasteiger partial charge in [-0.2, -0.15) is 0 Å². The van der Waals surface area contributed by atoms with Gasteiger partial charge in [0, 0.05) is 60.3 Å². The van der Waals surface area contributed by atoms with Crippen molar-refractivity contribution in [3.05, 3.63) is 76.5 Å². The molecule has 1 fully saturated rings. The first kappa shape index (κ1) is 25.0. The second-order valence-corrected chi connectivity index (χ2v) is 10.9. The minimum Gasteiger partial charge on any atom is -0.357 e. The van der Waals surface area contributed by atoms with Gasteiger partial charge in [0.05, 0.1) is 12.7 Å². The average molecular weight is 500 g/mol. The minimum atomic E-state index is -1.54. The van der Waals surface area contributed by atoms with Crippen LogP contribution in [-0.4, -0.2) is 59.3 Å². The summed E-state index contributed by atoms with van der Waals surface area (Å²) < 4.78 is 58.9. The van der Waals surface area contributed by atoms with Crippen molar-refractivity contribution in [2.45, 2.75) is 44.9 Å². The Labute approximate surface area is 209 Å². The van der Waals surface area contributed by atoms with Crippen molar-refractivity contribution in [1.29, 1.82) is 0 Å². The predicted molar refractivity (Wildman–Crippen MR) is 136 cm³/mol. The van der Waals surface area contributed by atoms with Gasteiger partial charge in [0.25, 0.3) is 0 Å². The summed E-state index contributed by atoms with van der Waals surface area (Å²) in [5, 5.41) is 1.03. The number of hydrogen-bond acceptors (Lipinski definition) is 2. The molecule has 0 spiro atoms. The maximum absolute atomic E-state index is 15.7. The molecule has 7 heteroatoms. The van der Waals surface area contributed by atoms with Crippen molar-refractivity contribution in [2.75, 3.05) is 32.9 Å². The first-order chi connectivity index (χ1) is 17.1. The highest BCUT2D eigenvalue weighted by Crippen LogP contribution is 2.43. The van der Waals surface area contributed by atoms with Crippen LogP contribution in [0.15, 0.2) is 42.5 Å². The molecule has 0 radical (unpaired) electrons. The number of rotatable bonds is 7. The van der Waals surface area contributed by atoms with Crippen molar-refractivity contribution in [1.82, 2.24) is 14.8 Å². The number of H-pyrrole nitrogens is 1. The summed E-state index contributed by atoms with van der Waals surface area (Å²) in [6.45, 7) is 6.72. The molecule has 0 saturated carbocycles. The normalized spacial score (nSPS) is 21.9. The fourth-order valence-electron chi connectivity index (χ4n) is 5.72. The fourth-order valence-corrected chi connectivity index (χ4v) is 5.72. The van der Waals surface area contributed by atoms with Crippen LogP contribution in [0.5, 0.6) is 0 Å². The number of nitrogens with zero attached hydrogens (tertiary/aromatic N) is 2. The van der Waals surface area contributed by atoms with E-state index in [0.717, 1.165) is 22.2 Å². The Bertz CT molecular complexity index is 1250. The van der Waals surface area contributed by atoms with Crippen LogP contribution in [-0.2, 0) is 6.42 Å². The molecule has 5 rings (SSSR count). The molecule has 192 valence electrons. The minimum absolute atomic E-state index is 0.0455. The lowest BCUT2D eigenvalue weighted by Crippen LogP contribution is -2.48. The summed E-state index contributed by atoms with van der Waals surface area (Å²) >= 11 is 0. The first-order valence-corrected chi connectivity index (χ1v) is 12.6. The van der Waals surface area contributed by atoms with Crippen LogP contribution in [0.1, 0.15) is 49.2 Å². The molecular formula is C29H33F4N3. The van der Waals surface area contributed by atoms with E-state index >= 15 is 8.78 Å². The Morgan fingerprint density at radius 3 is 2.47 bits per heavy atom. The molecular weight excluding hydrogens is 466 g/mol. The van der Waals surface area contributed by atoms with Gasteiger partial charge in [-0.05, 0) is 56.5 Å². The third-order valence-electron chi connectivity index (χ3n) is 7.38.